The molecule has 0 fully saturated rings. The van der Waals surface area contributed by atoms with Gasteiger partial charge >= 0.3 is 0 Å². The standard InChI is InChI=1S/C19H19N5/c1-2-8-17-16(6-1)7-4-12-24(17)19-21-11-9-18(23-19)22-14-15-5-3-10-20-13-15/h1-3,5-6,8-11,13H,4,7,12,14H2,(H,21,22,23). The Bertz CT molecular complexity index is 819. The SMILES string of the molecule is c1cncc(CNc2ccnc(N3CCCc4ccccc43)n2)c1. The highest BCUT2D eigenvalue weighted by Crippen LogP contribution is 2.31. The molecule has 24 heavy (non-hydrogen) atoms. The molecule has 120 valence electrons. The van der Waals surface area contributed by atoms with Crippen molar-refractivity contribution in [2.24, 2.45) is 0 Å². The van der Waals surface area contributed by atoms with E-state index in [1.807, 2.05) is 30.6 Å². The fourth-order valence-electron chi connectivity index (χ4n) is 3.01. The van der Waals surface area contributed by atoms with Gasteiger partial charge in [-0.3, -0.25) is 4.98 Å². The van der Waals surface area contributed by atoms with Gasteiger partial charge in [-0.2, -0.15) is 4.98 Å². The van der Waals surface area contributed by atoms with Crippen molar-refractivity contribution in [2.45, 2.75) is 19.4 Å². The van der Waals surface area contributed by atoms with Gasteiger partial charge in [0.2, 0.25) is 5.95 Å². The van der Waals surface area contributed by atoms with E-state index >= 15 is 0 Å². The van der Waals surface area contributed by atoms with E-state index < -0.39 is 0 Å². The minimum absolute atomic E-state index is 0.695. The van der Waals surface area contributed by atoms with Crippen molar-refractivity contribution in [3.63, 3.8) is 0 Å². The van der Waals surface area contributed by atoms with Gasteiger partial charge in [-0.25, -0.2) is 4.98 Å². The number of hydrogen-bond donors (Lipinski definition) is 1. The molecule has 0 aliphatic carbocycles. The van der Waals surface area contributed by atoms with Gasteiger partial charge < -0.3 is 10.2 Å². The molecule has 0 unspecified atom stereocenters. The van der Waals surface area contributed by atoms with Crippen molar-refractivity contribution in [1.29, 1.82) is 0 Å². The third-order valence-electron chi connectivity index (χ3n) is 4.19. The molecule has 1 aliphatic rings. The van der Waals surface area contributed by atoms with Gasteiger partial charge in [0, 0.05) is 37.4 Å². The van der Waals surface area contributed by atoms with Crippen LogP contribution in [-0.4, -0.2) is 21.5 Å². The van der Waals surface area contributed by atoms with E-state index in [2.05, 4.69) is 44.5 Å². The lowest BCUT2D eigenvalue weighted by Gasteiger charge is -2.29. The number of hydrogen-bond acceptors (Lipinski definition) is 5. The highest BCUT2D eigenvalue weighted by atomic mass is 15.3. The summed E-state index contributed by atoms with van der Waals surface area (Å²) in [5.41, 5.74) is 3.70. The Balaban J connectivity index is 1.55. The van der Waals surface area contributed by atoms with Gasteiger partial charge in [-0.15, -0.1) is 0 Å². The van der Waals surface area contributed by atoms with Crippen molar-refractivity contribution >= 4 is 17.5 Å². The van der Waals surface area contributed by atoms with Crippen LogP contribution in [0.3, 0.4) is 0 Å². The summed E-state index contributed by atoms with van der Waals surface area (Å²) in [6, 6.07) is 14.4. The molecule has 5 heteroatoms. The van der Waals surface area contributed by atoms with Gasteiger partial charge in [0.25, 0.3) is 0 Å². The first-order chi connectivity index (χ1) is 11.9. The third kappa shape index (κ3) is 3.06. The molecular weight excluding hydrogens is 298 g/mol. The number of nitrogens with zero attached hydrogens (tertiary/aromatic N) is 4. The van der Waals surface area contributed by atoms with Crippen LogP contribution in [0.5, 0.6) is 0 Å². The molecular formula is C19H19N5. The number of pyridine rings is 1. The Morgan fingerprint density at radius 1 is 1.04 bits per heavy atom. The minimum atomic E-state index is 0.695. The Labute approximate surface area is 141 Å². The predicted molar refractivity (Wildman–Crippen MR) is 95.4 cm³/mol. The first kappa shape index (κ1) is 14.6. The molecule has 4 rings (SSSR count). The fraction of sp³-hybridized carbons (Fsp3) is 0.211. The lowest BCUT2D eigenvalue weighted by molar-refractivity contribution is 0.750. The first-order valence-electron chi connectivity index (χ1n) is 8.21. The molecule has 0 atom stereocenters. The number of aryl methyl sites for hydroxylation is 1. The number of benzene rings is 1. The van der Waals surface area contributed by atoms with Gasteiger partial charge in [-0.1, -0.05) is 24.3 Å². The molecule has 0 saturated carbocycles. The van der Waals surface area contributed by atoms with E-state index in [1.54, 1.807) is 6.20 Å². The molecule has 1 N–H and O–H groups in total. The summed E-state index contributed by atoms with van der Waals surface area (Å²) in [5, 5.41) is 3.35. The molecule has 0 spiro atoms. The molecule has 5 nitrogen and oxygen atoms in total. The molecule has 3 aromatic rings. The van der Waals surface area contributed by atoms with E-state index in [0.717, 1.165) is 36.7 Å². The number of anilines is 3. The predicted octanol–water partition coefficient (Wildman–Crippen LogP) is 3.57. The highest BCUT2D eigenvalue weighted by Gasteiger charge is 2.19. The van der Waals surface area contributed by atoms with Crippen LogP contribution in [0, 0.1) is 0 Å². The number of nitrogens with one attached hydrogen (secondary N) is 1. The molecule has 2 aromatic heterocycles. The van der Waals surface area contributed by atoms with Crippen LogP contribution in [0.1, 0.15) is 17.5 Å². The summed E-state index contributed by atoms with van der Waals surface area (Å²) in [6.45, 7) is 1.64. The lowest BCUT2D eigenvalue weighted by Crippen LogP contribution is -2.26. The van der Waals surface area contributed by atoms with Crippen molar-refractivity contribution in [1.82, 2.24) is 15.0 Å². The van der Waals surface area contributed by atoms with Crippen LogP contribution in [0.25, 0.3) is 0 Å². The summed E-state index contributed by atoms with van der Waals surface area (Å²) in [7, 11) is 0. The summed E-state index contributed by atoms with van der Waals surface area (Å²) < 4.78 is 0. The summed E-state index contributed by atoms with van der Waals surface area (Å²) in [5.74, 6) is 1.57. The zero-order valence-electron chi connectivity index (χ0n) is 13.4. The minimum Gasteiger partial charge on any atom is -0.366 e. The number of fused-ring (bicyclic) bond motifs is 1. The summed E-state index contributed by atoms with van der Waals surface area (Å²) in [4.78, 5) is 15.5. The third-order valence-corrected chi connectivity index (χ3v) is 4.19. The molecule has 0 saturated heterocycles. The maximum absolute atomic E-state index is 4.69. The number of para-hydroxylation sites is 1. The fourth-order valence-corrected chi connectivity index (χ4v) is 3.01. The average Bonchev–Trinajstić information content (AvgIpc) is 2.67. The van der Waals surface area contributed by atoms with Crippen LogP contribution < -0.4 is 10.2 Å². The van der Waals surface area contributed by atoms with E-state index in [-0.39, 0.29) is 0 Å². The lowest BCUT2D eigenvalue weighted by atomic mass is 10.0. The summed E-state index contributed by atoms with van der Waals surface area (Å²) >= 11 is 0. The smallest absolute Gasteiger partial charge is 0.231 e. The average molecular weight is 317 g/mol. The van der Waals surface area contributed by atoms with Crippen molar-refractivity contribution in [3.8, 4) is 0 Å². The quantitative estimate of drug-likeness (QED) is 0.797. The second-order valence-corrected chi connectivity index (χ2v) is 5.84. The monoisotopic (exact) mass is 317 g/mol. The molecule has 0 amide bonds. The van der Waals surface area contributed by atoms with E-state index in [0.29, 0.717) is 6.54 Å². The van der Waals surface area contributed by atoms with Crippen molar-refractivity contribution in [2.75, 3.05) is 16.8 Å². The highest BCUT2D eigenvalue weighted by molar-refractivity contribution is 5.64. The van der Waals surface area contributed by atoms with E-state index in [4.69, 9.17) is 4.98 Å². The molecule has 1 aliphatic heterocycles. The van der Waals surface area contributed by atoms with Crippen LogP contribution in [0.15, 0.2) is 61.1 Å². The molecule has 3 heterocycles. The van der Waals surface area contributed by atoms with Gasteiger partial charge in [0.15, 0.2) is 0 Å². The van der Waals surface area contributed by atoms with Crippen LogP contribution >= 0.6 is 0 Å². The maximum Gasteiger partial charge on any atom is 0.231 e. The Kier molecular flexibility index (Phi) is 4.06. The van der Waals surface area contributed by atoms with Gasteiger partial charge in [-0.05, 0) is 42.2 Å². The van der Waals surface area contributed by atoms with Gasteiger partial charge in [0.05, 0.1) is 0 Å². The zero-order valence-corrected chi connectivity index (χ0v) is 13.4. The maximum atomic E-state index is 4.69. The largest absolute Gasteiger partial charge is 0.366 e. The van der Waals surface area contributed by atoms with Crippen LogP contribution in [-0.2, 0) is 13.0 Å². The van der Waals surface area contributed by atoms with Crippen LogP contribution in [0.4, 0.5) is 17.5 Å². The van der Waals surface area contributed by atoms with E-state index in [1.165, 1.54) is 11.3 Å². The van der Waals surface area contributed by atoms with E-state index in [9.17, 15) is 0 Å². The Hall–Kier alpha value is -2.95. The Morgan fingerprint density at radius 3 is 2.92 bits per heavy atom. The molecule has 0 bridgehead atoms. The summed E-state index contributed by atoms with van der Waals surface area (Å²) in [6.07, 6.45) is 7.68. The zero-order chi connectivity index (χ0) is 16.2. The van der Waals surface area contributed by atoms with Crippen molar-refractivity contribution in [3.05, 3.63) is 72.2 Å². The number of aromatic nitrogens is 3. The second-order valence-electron chi connectivity index (χ2n) is 5.84. The number of rotatable bonds is 4. The normalized spacial score (nSPS) is 13.4. The van der Waals surface area contributed by atoms with Crippen LogP contribution in [0.2, 0.25) is 0 Å². The first-order valence-corrected chi connectivity index (χ1v) is 8.21. The Morgan fingerprint density at radius 2 is 2.00 bits per heavy atom. The van der Waals surface area contributed by atoms with Gasteiger partial charge in [0.1, 0.15) is 5.82 Å². The van der Waals surface area contributed by atoms with Crippen molar-refractivity contribution < 1.29 is 0 Å². The molecule has 0 radical (unpaired) electrons. The molecule has 1 aromatic carbocycles. The second kappa shape index (κ2) is 6.66. The topological polar surface area (TPSA) is 53.9 Å².